The summed E-state index contributed by atoms with van der Waals surface area (Å²) >= 11 is 5.98. The summed E-state index contributed by atoms with van der Waals surface area (Å²) in [6.07, 6.45) is 1.65. The van der Waals surface area contributed by atoms with E-state index in [9.17, 15) is 5.26 Å². The highest BCUT2D eigenvalue weighted by molar-refractivity contribution is 6.17. The molecule has 3 aromatic heterocycles. The Balaban J connectivity index is 1.78. The Bertz CT molecular complexity index is 1480. The second kappa shape index (κ2) is 8.14. The van der Waals surface area contributed by atoms with Crippen molar-refractivity contribution in [2.75, 3.05) is 5.73 Å². The number of nitrogens with two attached hydrogens (primary N) is 1. The molecular formula is C25H17ClN6. The number of imidazole rings is 1. The van der Waals surface area contributed by atoms with Crippen LogP contribution in [0.5, 0.6) is 0 Å². The van der Waals surface area contributed by atoms with E-state index in [2.05, 4.69) is 11.1 Å². The smallest absolute Gasteiger partial charge is 0.165 e. The van der Waals surface area contributed by atoms with E-state index in [4.69, 9.17) is 27.3 Å². The maximum atomic E-state index is 9.26. The van der Waals surface area contributed by atoms with Crippen LogP contribution in [-0.4, -0.2) is 19.5 Å². The average molecular weight is 437 g/mol. The summed E-state index contributed by atoms with van der Waals surface area (Å²) in [7, 11) is 0. The van der Waals surface area contributed by atoms with Gasteiger partial charge in [-0.25, -0.2) is 15.0 Å². The first-order valence-electron chi connectivity index (χ1n) is 9.94. The number of fused-ring (bicyclic) bond motifs is 1. The number of nitrogen functional groups attached to an aromatic ring is 1. The van der Waals surface area contributed by atoms with E-state index in [-0.39, 0.29) is 0 Å². The minimum Gasteiger partial charge on any atom is -0.383 e. The minimum atomic E-state index is 0.392. The fourth-order valence-corrected chi connectivity index (χ4v) is 3.81. The molecular weight excluding hydrogens is 420 g/mol. The second-order valence-corrected chi connectivity index (χ2v) is 7.51. The highest BCUT2D eigenvalue weighted by atomic mass is 35.5. The lowest BCUT2D eigenvalue weighted by molar-refractivity contribution is 1.07. The lowest BCUT2D eigenvalue weighted by Gasteiger charge is -2.11. The molecule has 154 valence electrons. The molecule has 5 rings (SSSR count). The molecule has 0 saturated carbocycles. The Morgan fingerprint density at radius 1 is 0.969 bits per heavy atom. The van der Waals surface area contributed by atoms with E-state index in [1.807, 2.05) is 71.3 Å². The molecule has 0 fully saturated rings. The number of nitrogens with zero attached hydrogens (tertiary/aromatic N) is 5. The summed E-state index contributed by atoms with van der Waals surface area (Å²) in [5, 5.41) is 9.26. The zero-order valence-electron chi connectivity index (χ0n) is 16.9. The third-order valence-corrected chi connectivity index (χ3v) is 5.53. The molecule has 0 radical (unpaired) electrons. The molecule has 0 amide bonds. The van der Waals surface area contributed by atoms with Gasteiger partial charge in [0.2, 0.25) is 0 Å². The molecule has 2 aromatic carbocycles. The van der Waals surface area contributed by atoms with Crippen LogP contribution in [0.2, 0.25) is 0 Å². The fraction of sp³-hybridized carbons (Fsp3) is 0.0400. The van der Waals surface area contributed by atoms with Crippen LogP contribution in [0.3, 0.4) is 0 Å². The lowest BCUT2D eigenvalue weighted by atomic mass is 10.1. The molecule has 3 heterocycles. The number of pyridine rings is 2. The van der Waals surface area contributed by atoms with E-state index in [0.717, 1.165) is 33.6 Å². The molecule has 0 aliphatic heterocycles. The summed E-state index contributed by atoms with van der Waals surface area (Å²) in [5.41, 5.74) is 12.4. The molecule has 0 spiro atoms. The quantitative estimate of drug-likeness (QED) is 0.383. The molecule has 0 aliphatic carbocycles. The van der Waals surface area contributed by atoms with E-state index in [1.54, 1.807) is 12.3 Å². The van der Waals surface area contributed by atoms with Gasteiger partial charge in [-0.15, -0.1) is 11.6 Å². The van der Waals surface area contributed by atoms with Gasteiger partial charge in [0.15, 0.2) is 11.5 Å². The third-order valence-electron chi connectivity index (χ3n) is 5.22. The Hall–Kier alpha value is -4.21. The number of alkyl halides is 1. The number of anilines is 1. The van der Waals surface area contributed by atoms with Crippen molar-refractivity contribution in [3.05, 3.63) is 90.1 Å². The Morgan fingerprint density at radius 2 is 1.81 bits per heavy atom. The second-order valence-electron chi connectivity index (χ2n) is 7.24. The topological polar surface area (TPSA) is 93.4 Å². The monoisotopic (exact) mass is 436 g/mol. The van der Waals surface area contributed by atoms with E-state index in [1.165, 1.54) is 0 Å². The van der Waals surface area contributed by atoms with Crippen molar-refractivity contribution in [1.82, 2.24) is 19.5 Å². The first kappa shape index (κ1) is 19.7. The first-order chi connectivity index (χ1) is 15.7. The standard InChI is InChI=1S/C25H17ClN6/c26-14-16-6-8-19(9-7-16)32-24(20-5-2-12-29-23(20)28)31-22-11-10-21(30-25(22)32)18-4-1-3-17(13-18)15-27/h1-13H,14H2,(H2,28,29). The number of hydrogen-bond acceptors (Lipinski definition) is 5. The van der Waals surface area contributed by atoms with E-state index < -0.39 is 0 Å². The summed E-state index contributed by atoms with van der Waals surface area (Å²) in [6.45, 7) is 0. The molecule has 2 N–H and O–H groups in total. The predicted molar refractivity (Wildman–Crippen MR) is 126 cm³/mol. The molecule has 7 heteroatoms. The van der Waals surface area contributed by atoms with Gasteiger partial charge >= 0.3 is 0 Å². The highest BCUT2D eigenvalue weighted by Crippen LogP contribution is 2.32. The minimum absolute atomic E-state index is 0.392. The number of hydrogen-bond donors (Lipinski definition) is 1. The lowest BCUT2D eigenvalue weighted by Crippen LogP contribution is -2.02. The van der Waals surface area contributed by atoms with Gasteiger partial charge < -0.3 is 5.73 Å². The first-order valence-corrected chi connectivity index (χ1v) is 10.5. The van der Waals surface area contributed by atoms with Crippen LogP contribution in [-0.2, 0) is 5.88 Å². The molecule has 32 heavy (non-hydrogen) atoms. The third kappa shape index (κ3) is 3.45. The van der Waals surface area contributed by atoms with Crippen molar-refractivity contribution < 1.29 is 0 Å². The molecule has 5 aromatic rings. The zero-order valence-corrected chi connectivity index (χ0v) is 17.7. The summed E-state index contributed by atoms with van der Waals surface area (Å²) in [4.78, 5) is 14.0. The SMILES string of the molecule is N#Cc1cccc(-c2ccc3nc(-c4cccnc4N)n(-c4ccc(CCl)cc4)c3n2)c1. The van der Waals surface area contributed by atoms with Gasteiger partial charge in [-0.2, -0.15) is 5.26 Å². The maximum absolute atomic E-state index is 9.26. The highest BCUT2D eigenvalue weighted by Gasteiger charge is 2.18. The summed E-state index contributed by atoms with van der Waals surface area (Å²) in [6, 6.07) is 25.0. The summed E-state index contributed by atoms with van der Waals surface area (Å²) < 4.78 is 1.97. The van der Waals surface area contributed by atoms with E-state index >= 15 is 0 Å². The van der Waals surface area contributed by atoms with Crippen LogP contribution in [0, 0.1) is 11.3 Å². The molecule has 0 bridgehead atoms. The molecule has 0 saturated heterocycles. The van der Waals surface area contributed by atoms with Crippen molar-refractivity contribution in [1.29, 1.82) is 5.26 Å². The molecule has 0 unspecified atom stereocenters. The van der Waals surface area contributed by atoms with Crippen LogP contribution < -0.4 is 5.73 Å². The van der Waals surface area contributed by atoms with Gasteiger partial charge in [-0.05, 0) is 54.1 Å². The number of rotatable bonds is 4. The van der Waals surface area contributed by atoms with Gasteiger partial charge in [-0.1, -0.05) is 24.3 Å². The normalized spacial score (nSPS) is 10.9. The van der Waals surface area contributed by atoms with Crippen LogP contribution in [0.1, 0.15) is 11.1 Å². The number of aromatic nitrogens is 4. The Morgan fingerprint density at radius 3 is 2.56 bits per heavy atom. The van der Waals surface area contributed by atoms with Crippen molar-refractivity contribution in [3.63, 3.8) is 0 Å². The van der Waals surface area contributed by atoms with Crippen molar-refractivity contribution in [2.45, 2.75) is 5.88 Å². The van der Waals surface area contributed by atoms with Crippen molar-refractivity contribution in [2.24, 2.45) is 0 Å². The van der Waals surface area contributed by atoms with Gasteiger partial charge in [0.05, 0.1) is 22.9 Å². The van der Waals surface area contributed by atoms with Crippen LogP contribution in [0.15, 0.2) is 79.0 Å². The maximum Gasteiger partial charge on any atom is 0.165 e. The van der Waals surface area contributed by atoms with Gasteiger partial charge in [0.25, 0.3) is 0 Å². The largest absolute Gasteiger partial charge is 0.383 e. The Kier molecular flexibility index (Phi) is 5.02. The van der Waals surface area contributed by atoms with Crippen molar-refractivity contribution >= 4 is 28.6 Å². The average Bonchev–Trinajstić information content (AvgIpc) is 3.23. The molecule has 0 aliphatic rings. The van der Waals surface area contributed by atoms with E-state index in [0.29, 0.717) is 28.7 Å². The van der Waals surface area contributed by atoms with Crippen LogP contribution in [0.4, 0.5) is 5.82 Å². The Labute approximate surface area is 189 Å². The fourth-order valence-electron chi connectivity index (χ4n) is 3.63. The molecule has 6 nitrogen and oxygen atoms in total. The van der Waals surface area contributed by atoms with Crippen LogP contribution in [0.25, 0.3) is 39.5 Å². The zero-order chi connectivity index (χ0) is 22.1. The van der Waals surface area contributed by atoms with Crippen LogP contribution >= 0.6 is 11.6 Å². The van der Waals surface area contributed by atoms with Gasteiger partial charge in [-0.3, -0.25) is 4.57 Å². The number of nitriles is 1. The predicted octanol–water partition coefficient (Wildman–Crippen LogP) is 5.34. The van der Waals surface area contributed by atoms with Gasteiger partial charge in [0, 0.05) is 23.3 Å². The van der Waals surface area contributed by atoms with Crippen molar-refractivity contribution in [3.8, 4) is 34.4 Å². The molecule has 0 atom stereocenters. The number of benzene rings is 2. The van der Waals surface area contributed by atoms with Gasteiger partial charge in [0.1, 0.15) is 11.3 Å². The number of halogens is 1. The summed E-state index contributed by atoms with van der Waals surface area (Å²) in [5.74, 6) is 1.48.